The standard InChI is InChI=1S/C13H15BrN2O/c1-9(17)11-4-5-16(8-11)13-6-12(14)3-2-10(13)7-15/h2-3,6,9,11,17H,4-5,8H2,1H3. The van der Waals surface area contributed by atoms with E-state index >= 15 is 0 Å². The number of benzene rings is 1. The minimum Gasteiger partial charge on any atom is -0.393 e. The highest BCUT2D eigenvalue weighted by Gasteiger charge is 2.27. The Morgan fingerprint density at radius 1 is 1.59 bits per heavy atom. The van der Waals surface area contributed by atoms with E-state index < -0.39 is 0 Å². The smallest absolute Gasteiger partial charge is 0.101 e. The highest BCUT2D eigenvalue weighted by atomic mass is 79.9. The minimum atomic E-state index is -0.280. The molecular formula is C13H15BrN2O. The van der Waals surface area contributed by atoms with Gasteiger partial charge in [-0.3, -0.25) is 0 Å². The second kappa shape index (κ2) is 5.07. The molecule has 2 rings (SSSR count). The molecule has 1 aliphatic heterocycles. The van der Waals surface area contributed by atoms with Crippen LogP contribution in [0.15, 0.2) is 22.7 Å². The third-order valence-electron chi connectivity index (χ3n) is 3.33. The molecule has 1 aromatic carbocycles. The van der Waals surface area contributed by atoms with E-state index in [-0.39, 0.29) is 6.10 Å². The number of nitriles is 1. The van der Waals surface area contributed by atoms with Crippen molar-refractivity contribution >= 4 is 21.6 Å². The molecule has 17 heavy (non-hydrogen) atoms. The van der Waals surface area contributed by atoms with Crippen molar-refractivity contribution in [2.45, 2.75) is 19.4 Å². The predicted molar refractivity (Wildman–Crippen MR) is 70.9 cm³/mol. The van der Waals surface area contributed by atoms with E-state index in [4.69, 9.17) is 5.26 Å². The molecular weight excluding hydrogens is 280 g/mol. The van der Waals surface area contributed by atoms with Gasteiger partial charge in [0.25, 0.3) is 0 Å². The van der Waals surface area contributed by atoms with Crippen LogP contribution in [-0.2, 0) is 0 Å². The van der Waals surface area contributed by atoms with Crippen molar-refractivity contribution in [3.8, 4) is 6.07 Å². The van der Waals surface area contributed by atoms with Crippen LogP contribution in [0.5, 0.6) is 0 Å². The van der Waals surface area contributed by atoms with Gasteiger partial charge in [-0.05, 0) is 31.5 Å². The van der Waals surface area contributed by atoms with Crippen molar-refractivity contribution in [1.82, 2.24) is 0 Å². The number of aliphatic hydroxyl groups is 1. The maximum Gasteiger partial charge on any atom is 0.101 e. The quantitative estimate of drug-likeness (QED) is 0.912. The van der Waals surface area contributed by atoms with Gasteiger partial charge >= 0.3 is 0 Å². The summed E-state index contributed by atoms with van der Waals surface area (Å²) in [6.07, 6.45) is 0.701. The molecule has 1 aromatic rings. The lowest BCUT2D eigenvalue weighted by molar-refractivity contribution is 0.136. The van der Waals surface area contributed by atoms with Crippen LogP contribution < -0.4 is 4.90 Å². The molecule has 4 heteroatoms. The molecule has 3 nitrogen and oxygen atoms in total. The van der Waals surface area contributed by atoms with Crippen LogP contribution in [-0.4, -0.2) is 24.3 Å². The zero-order chi connectivity index (χ0) is 12.4. The Bertz CT molecular complexity index is 453. The number of hydrogen-bond donors (Lipinski definition) is 1. The summed E-state index contributed by atoms with van der Waals surface area (Å²) in [6.45, 7) is 3.56. The number of hydrogen-bond acceptors (Lipinski definition) is 3. The number of anilines is 1. The van der Waals surface area contributed by atoms with Crippen LogP contribution in [0.25, 0.3) is 0 Å². The first-order valence-corrected chi connectivity index (χ1v) is 6.54. The summed E-state index contributed by atoms with van der Waals surface area (Å²) in [5.74, 6) is 0.306. The highest BCUT2D eigenvalue weighted by Crippen LogP contribution is 2.30. The molecule has 1 saturated heterocycles. The van der Waals surface area contributed by atoms with Crippen LogP contribution in [0.4, 0.5) is 5.69 Å². The van der Waals surface area contributed by atoms with Crippen LogP contribution in [0.2, 0.25) is 0 Å². The Morgan fingerprint density at radius 2 is 2.35 bits per heavy atom. The largest absolute Gasteiger partial charge is 0.393 e. The number of nitrogens with zero attached hydrogens (tertiary/aromatic N) is 2. The van der Waals surface area contributed by atoms with E-state index in [1.165, 1.54) is 0 Å². The number of halogens is 1. The van der Waals surface area contributed by atoms with Gasteiger partial charge in [0.2, 0.25) is 0 Å². The lowest BCUT2D eigenvalue weighted by atomic mass is 10.0. The molecule has 1 fully saturated rings. The summed E-state index contributed by atoms with van der Waals surface area (Å²) in [6, 6.07) is 7.90. The molecule has 0 bridgehead atoms. The molecule has 90 valence electrons. The first-order chi connectivity index (χ1) is 8.11. The first kappa shape index (κ1) is 12.4. The maximum absolute atomic E-state index is 9.60. The number of aliphatic hydroxyl groups excluding tert-OH is 1. The van der Waals surface area contributed by atoms with Crippen molar-refractivity contribution in [1.29, 1.82) is 5.26 Å². The SMILES string of the molecule is CC(O)C1CCN(c2cc(Br)ccc2C#N)C1. The summed E-state index contributed by atoms with van der Waals surface area (Å²) in [5.41, 5.74) is 1.66. The molecule has 1 heterocycles. The van der Waals surface area contributed by atoms with Gasteiger partial charge in [-0.25, -0.2) is 0 Å². The average molecular weight is 295 g/mol. The fraction of sp³-hybridized carbons (Fsp3) is 0.462. The van der Waals surface area contributed by atoms with Crippen molar-refractivity contribution in [3.63, 3.8) is 0 Å². The highest BCUT2D eigenvalue weighted by molar-refractivity contribution is 9.10. The van der Waals surface area contributed by atoms with E-state index in [0.29, 0.717) is 11.5 Å². The van der Waals surface area contributed by atoms with Gasteiger partial charge in [0.05, 0.1) is 17.4 Å². The topological polar surface area (TPSA) is 47.3 Å². The van der Waals surface area contributed by atoms with Crippen molar-refractivity contribution in [2.75, 3.05) is 18.0 Å². The molecule has 0 amide bonds. The van der Waals surface area contributed by atoms with E-state index in [1.54, 1.807) is 0 Å². The third-order valence-corrected chi connectivity index (χ3v) is 3.82. The van der Waals surface area contributed by atoms with Crippen LogP contribution in [0, 0.1) is 17.2 Å². The molecule has 0 radical (unpaired) electrons. The van der Waals surface area contributed by atoms with Crippen molar-refractivity contribution in [2.24, 2.45) is 5.92 Å². The van der Waals surface area contributed by atoms with Gasteiger partial charge in [0.1, 0.15) is 6.07 Å². The van der Waals surface area contributed by atoms with Crippen LogP contribution >= 0.6 is 15.9 Å². The van der Waals surface area contributed by atoms with E-state index in [1.807, 2.05) is 25.1 Å². The third kappa shape index (κ3) is 2.62. The summed E-state index contributed by atoms with van der Waals surface area (Å²) in [7, 11) is 0. The molecule has 0 aliphatic carbocycles. The lowest BCUT2D eigenvalue weighted by Gasteiger charge is -2.21. The Balaban J connectivity index is 2.24. The van der Waals surface area contributed by atoms with Gasteiger partial charge in [-0.15, -0.1) is 0 Å². The Hall–Kier alpha value is -1.05. The summed E-state index contributed by atoms with van der Waals surface area (Å²) in [4.78, 5) is 2.18. The van der Waals surface area contributed by atoms with E-state index in [2.05, 4.69) is 26.9 Å². The molecule has 0 saturated carbocycles. The fourth-order valence-electron chi connectivity index (χ4n) is 2.26. The number of rotatable bonds is 2. The lowest BCUT2D eigenvalue weighted by Crippen LogP contribution is -2.24. The molecule has 1 N–H and O–H groups in total. The van der Waals surface area contributed by atoms with Crippen molar-refractivity contribution < 1.29 is 5.11 Å². The average Bonchev–Trinajstić information content (AvgIpc) is 2.78. The second-order valence-corrected chi connectivity index (χ2v) is 5.42. The van der Waals surface area contributed by atoms with Gasteiger partial charge in [-0.1, -0.05) is 15.9 Å². The zero-order valence-corrected chi connectivity index (χ0v) is 11.3. The second-order valence-electron chi connectivity index (χ2n) is 4.51. The molecule has 2 atom stereocenters. The molecule has 0 aromatic heterocycles. The van der Waals surface area contributed by atoms with Gasteiger partial charge < -0.3 is 10.0 Å². The van der Waals surface area contributed by atoms with Gasteiger partial charge in [-0.2, -0.15) is 5.26 Å². The van der Waals surface area contributed by atoms with Crippen LogP contribution in [0.1, 0.15) is 18.9 Å². The predicted octanol–water partition coefficient (Wildman–Crippen LogP) is 2.53. The van der Waals surface area contributed by atoms with Crippen molar-refractivity contribution in [3.05, 3.63) is 28.2 Å². The summed E-state index contributed by atoms with van der Waals surface area (Å²) >= 11 is 3.43. The maximum atomic E-state index is 9.60. The summed E-state index contributed by atoms with van der Waals surface area (Å²) in [5, 5.41) is 18.7. The van der Waals surface area contributed by atoms with Gasteiger partial charge in [0.15, 0.2) is 0 Å². The van der Waals surface area contributed by atoms with Crippen LogP contribution in [0.3, 0.4) is 0 Å². The Morgan fingerprint density at radius 3 is 2.94 bits per heavy atom. The first-order valence-electron chi connectivity index (χ1n) is 5.74. The Kier molecular flexibility index (Phi) is 3.70. The molecule has 1 aliphatic rings. The summed E-state index contributed by atoms with van der Waals surface area (Å²) < 4.78 is 0.979. The fourth-order valence-corrected chi connectivity index (χ4v) is 2.61. The normalized spacial score (nSPS) is 21.3. The molecule has 0 spiro atoms. The Labute approximate surface area is 110 Å². The van der Waals surface area contributed by atoms with Gasteiger partial charge in [0, 0.05) is 23.5 Å². The zero-order valence-electron chi connectivity index (χ0n) is 9.73. The monoisotopic (exact) mass is 294 g/mol. The minimum absolute atomic E-state index is 0.280. The van der Waals surface area contributed by atoms with E-state index in [0.717, 1.165) is 29.7 Å². The molecule has 2 unspecified atom stereocenters. The van der Waals surface area contributed by atoms with E-state index in [9.17, 15) is 5.11 Å².